The van der Waals surface area contributed by atoms with Crippen LogP contribution in [0.3, 0.4) is 0 Å². The third kappa shape index (κ3) is 5.28. The zero-order valence-corrected chi connectivity index (χ0v) is 11.7. The van der Waals surface area contributed by atoms with Crippen molar-refractivity contribution >= 4 is 11.9 Å². The number of rotatable bonds is 11. The van der Waals surface area contributed by atoms with Gasteiger partial charge in [0.2, 0.25) is 0 Å². The Morgan fingerprint density at radius 1 is 1.26 bits per heavy atom. The summed E-state index contributed by atoms with van der Waals surface area (Å²) in [5.74, 6) is -1.79. The number of ether oxygens (including phenoxy) is 1. The highest BCUT2D eigenvalue weighted by molar-refractivity contribution is 5.99. The molecule has 1 N–H and O–H groups in total. The first-order chi connectivity index (χ1) is 9.05. The lowest BCUT2D eigenvalue weighted by atomic mass is 9.80. The third-order valence-electron chi connectivity index (χ3n) is 3.01. The molecule has 108 valence electrons. The van der Waals surface area contributed by atoms with E-state index in [1.807, 2.05) is 6.92 Å². The van der Waals surface area contributed by atoms with Gasteiger partial charge in [0.1, 0.15) is 0 Å². The molecule has 4 nitrogen and oxygen atoms in total. The number of esters is 1. The lowest BCUT2D eigenvalue weighted by Crippen LogP contribution is -2.40. The zero-order valence-electron chi connectivity index (χ0n) is 11.7. The fourth-order valence-corrected chi connectivity index (χ4v) is 1.94. The Balaban J connectivity index is 4.57. The maximum atomic E-state index is 12.0. The van der Waals surface area contributed by atoms with Crippen molar-refractivity contribution in [2.75, 3.05) is 6.61 Å². The number of allylic oxidation sites excluding steroid dienone is 2. The molecule has 0 spiro atoms. The minimum absolute atomic E-state index is 0.0989. The van der Waals surface area contributed by atoms with E-state index < -0.39 is 17.4 Å². The average molecular weight is 268 g/mol. The van der Waals surface area contributed by atoms with E-state index in [0.717, 1.165) is 12.8 Å². The molecule has 0 fully saturated rings. The minimum Gasteiger partial charge on any atom is -0.480 e. The zero-order chi connectivity index (χ0) is 14.7. The summed E-state index contributed by atoms with van der Waals surface area (Å²) in [7, 11) is 0. The monoisotopic (exact) mass is 268 g/mol. The van der Waals surface area contributed by atoms with E-state index in [2.05, 4.69) is 13.2 Å². The Morgan fingerprint density at radius 3 is 2.42 bits per heavy atom. The lowest BCUT2D eigenvalue weighted by molar-refractivity contribution is -0.169. The van der Waals surface area contributed by atoms with Crippen LogP contribution in [0.5, 0.6) is 0 Å². The van der Waals surface area contributed by atoms with Crippen LogP contribution in [0.15, 0.2) is 25.3 Å². The van der Waals surface area contributed by atoms with Crippen molar-refractivity contribution in [3.63, 3.8) is 0 Å². The molecule has 0 bridgehead atoms. The standard InChI is InChI=1S/C15H24O4/c1-4-7-8-9-12-19-14(18)15(10-5-2,11-6-3)13(16)17/h4-5H,1-2,6-12H2,3H3,(H,16,17). The van der Waals surface area contributed by atoms with Crippen LogP contribution in [0.25, 0.3) is 0 Å². The summed E-state index contributed by atoms with van der Waals surface area (Å²) in [5, 5.41) is 9.34. The normalized spacial score (nSPS) is 13.3. The van der Waals surface area contributed by atoms with Crippen molar-refractivity contribution in [1.29, 1.82) is 0 Å². The van der Waals surface area contributed by atoms with E-state index in [1.165, 1.54) is 6.08 Å². The number of hydrogen-bond acceptors (Lipinski definition) is 3. The van der Waals surface area contributed by atoms with Gasteiger partial charge in [-0.15, -0.1) is 13.2 Å². The molecule has 0 aromatic heterocycles. The van der Waals surface area contributed by atoms with Crippen LogP contribution >= 0.6 is 0 Å². The molecule has 0 aliphatic heterocycles. The molecule has 0 aliphatic rings. The van der Waals surface area contributed by atoms with Gasteiger partial charge in [0.25, 0.3) is 0 Å². The van der Waals surface area contributed by atoms with Gasteiger partial charge in [0.05, 0.1) is 6.61 Å². The Labute approximate surface area is 115 Å². The van der Waals surface area contributed by atoms with Crippen molar-refractivity contribution in [2.45, 2.75) is 45.4 Å². The van der Waals surface area contributed by atoms with Gasteiger partial charge in [-0.05, 0) is 32.1 Å². The predicted octanol–water partition coefficient (Wildman–Crippen LogP) is 3.33. The van der Waals surface area contributed by atoms with Gasteiger partial charge in [-0.1, -0.05) is 25.5 Å². The van der Waals surface area contributed by atoms with Crippen molar-refractivity contribution in [1.82, 2.24) is 0 Å². The number of hydrogen-bond donors (Lipinski definition) is 1. The summed E-state index contributed by atoms with van der Waals surface area (Å²) in [6.45, 7) is 9.24. The molecule has 0 saturated carbocycles. The summed E-state index contributed by atoms with van der Waals surface area (Å²) in [5.41, 5.74) is -1.48. The highest BCUT2D eigenvalue weighted by Gasteiger charge is 2.45. The van der Waals surface area contributed by atoms with E-state index in [1.54, 1.807) is 6.08 Å². The molecule has 1 atom stereocenters. The van der Waals surface area contributed by atoms with Crippen molar-refractivity contribution in [3.8, 4) is 0 Å². The smallest absolute Gasteiger partial charge is 0.323 e. The van der Waals surface area contributed by atoms with Crippen LogP contribution in [0.4, 0.5) is 0 Å². The van der Waals surface area contributed by atoms with E-state index in [0.29, 0.717) is 12.8 Å². The number of unbranched alkanes of at least 4 members (excludes halogenated alkanes) is 2. The molecule has 0 radical (unpaired) electrons. The van der Waals surface area contributed by atoms with Crippen molar-refractivity contribution < 1.29 is 19.4 Å². The van der Waals surface area contributed by atoms with Crippen LogP contribution in [0, 0.1) is 5.41 Å². The fraction of sp³-hybridized carbons (Fsp3) is 0.600. The first-order valence-electron chi connectivity index (χ1n) is 6.67. The van der Waals surface area contributed by atoms with Crippen LogP contribution in [0.2, 0.25) is 0 Å². The Morgan fingerprint density at radius 2 is 1.95 bits per heavy atom. The SMILES string of the molecule is C=CCCCCOC(=O)C(CC=C)(CCC)C(=O)O. The summed E-state index contributed by atoms with van der Waals surface area (Å²) >= 11 is 0. The topological polar surface area (TPSA) is 63.6 Å². The van der Waals surface area contributed by atoms with E-state index >= 15 is 0 Å². The molecule has 0 aromatic carbocycles. The maximum absolute atomic E-state index is 12.0. The second kappa shape index (κ2) is 9.36. The van der Waals surface area contributed by atoms with Gasteiger partial charge in [-0.25, -0.2) is 0 Å². The molecule has 0 heterocycles. The molecule has 4 heteroatoms. The molecular weight excluding hydrogens is 244 g/mol. The van der Waals surface area contributed by atoms with Gasteiger partial charge >= 0.3 is 11.9 Å². The van der Waals surface area contributed by atoms with Gasteiger partial charge < -0.3 is 9.84 Å². The second-order valence-corrected chi connectivity index (χ2v) is 4.55. The Hall–Kier alpha value is -1.58. The van der Waals surface area contributed by atoms with Crippen LogP contribution in [-0.4, -0.2) is 23.7 Å². The average Bonchev–Trinajstić information content (AvgIpc) is 2.37. The molecule has 0 saturated heterocycles. The molecule has 0 aromatic rings. The van der Waals surface area contributed by atoms with E-state index in [4.69, 9.17) is 4.74 Å². The van der Waals surface area contributed by atoms with Crippen molar-refractivity contribution in [3.05, 3.63) is 25.3 Å². The van der Waals surface area contributed by atoms with E-state index in [-0.39, 0.29) is 19.4 Å². The minimum atomic E-state index is -1.48. The molecule has 19 heavy (non-hydrogen) atoms. The number of carbonyl (C=O) groups excluding carboxylic acids is 1. The lowest BCUT2D eigenvalue weighted by Gasteiger charge is -2.25. The number of carboxylic acid groups (broad SMARTS) is 1. The molecule has 0 aliphatic carbocycles. The Kier molecular flexibility index (Phi) is 8.58. The largest absolute Gasteiger partial charge is 0.480 e. The second-order valence-electron chi connectivity index (χ2n) is 4.55. The van der Waals surface area contributed by atoms with E-state index in [9.17, 15) is 14.7 Å². The van der Waals surface area contributed by atoms with Gasteiger partial charge in [0, 0.05) is 0 Å². The quantitative estimate of drug-likeness (QED) is 0.270. The summed E-state index contributed by atoms with van der Waals surface area (Å²) in [6.07, 6.45) is 6.69. The first kappa shape index (κ1) is 17.4. The number of carboxylic acids is 1. The predicted molar refractivity (Wildman–Crippen MR) is 74.8 cm³/mol. The summed E-state index contributed by atoms with van der Waals surface area (Å²) in [6, 6.07) is 0. The molecule has 0 amide bonds. The van der Waals surface area contributed by atoms with Crippen LogP contribution in [-0.2, 0) is 14.3 Å². The maximum Gasteiger partial charge on any atom is 0.323 e. The van der Waals surface area contributed by atoms with Crippen molar-refractivity contribution in [2.24, 2.45) is 5.41 Å². The van der Waals surface area contributed by atoms with Gasteiger partial charge in [0.15, 0.2) is 5.41 Å². The van der Waals surface area contributed by atoms with Gasteiger partial charge in [-0.2, -0.15) is 0 Å². The van der Waals surface area contributed by atoms with Gasteiger partial charge in [-0.3, -0.25) is 9.59 Å². The molecule has 1 unspecified atom stereocenters. The highest BCUT2D eigenvalue weighted by atomic mass is 16.5. The molecular formula is C15H24O4. The highest BCUT2D eigenvalue weighted by Crippen LogP contribution is 2.31. The number of aliphatic carboxylic acids is 1. The Bertz CT molecular complexity index is 322. The fourth-order valence-electron chi connectivity index (χ4n) is 1.94. The first-order valence-corrected chi connectivity index (χ1v) is 6.67. The summed E-state index contributed by atoms with van der Waals surface area (Å²) in [4.78, 5) is 23.5. The third-order valence-corrected chi connectivity index (χ3v) is 3.01. The van der Waals surface area contributed by atoms with Crippen LogP contribution in [0.1, 0.15) is 45.4 Å². The number of carbonyl (C=O) groups is 2. The molecule has 0 rings (SSSR count). The summed E-state index contributed by atoms with van der Waals surface area (Å²) < 4.78 is 5.12. The van der Waals surface area contributed by atoms with Crippen LogP contribution < -0.4 is 0 Å².